The van der Waals surface area contributed by atoms with Crippen LogP contribution >= 0.6 is 0 Å². The summed E-state index contributed by atoms with van der Waals surface area (Å²) in [6.07, 6.45) is 4.90. The molecule has 7 heteroatoms. The van der Waals surface area contributed by atoms with Crippen LogP contribution in [0, 0.1) is 11.3 Å². The van der Waals surface area contributed by atoms with Crippen LogP contribution in [0.4, 0.5) is 11.5 Å². The van der Waals surface area contributed by atoms with Gasteiger partial charge in [-0.05, 0) is 42.5 Å². The molecular weight excluding hydrogens is 328 g/mol. The van der Waals surface area contributed by atoms with Crippen LogP contribution in [-0.2, 0) is 0 Å². The van der Waals surface area contributed by atoms with Gasteiger partial charge in [0, 0.05) is 11.8 Å². The Morgan fingerprint density at radius 3 is 2.62 bits per heavy atom. The van der Waals surface area contributed by atoms with Gasteiger partial charge in [-0.3, -0.25) is 4.98 Å². The highest BCUT2D eigenvalue weighted by Crippen LogP contribution is 2.23. The number of fused-ring (bicyclic) bond motifs is 1. The molecule has 2 N–H and O–H groups in total. The molecule has 0 fully saturated rings. The molecule has 0 amide bonds. The zero-order valence-electron chi connectivity index (χ0n) is 13.5. The topological polar surface area (TPSA) is 108 Å². The summed E-state index contributed by atoms with van der Waals surface area (Å²) in [5, 5.41) is 21.7. The maximum atomic E-state index is 9.41. The predicted molar refractivity (Wildman–Crippen MR) is 96.7 cm³/mol. The second-order valence-corrected chi connectivity index (χ2v) is 5.51. The maximum Gasteiger partial charge on any atom is 0.159 e. The van der Waals surface area contributed by atoms with E-state index in [2.05, 4.69) is 31.3 Å². The van der Waals surface area contributed by atoms with Gasteiger partial charge in [0.1, 0.15) is 23.2 Å². The van der Waals surface area contributed by atoms with E-state index in [4.69, 9.17) is 5.26 Å². The Bertz CT molecular complexity index is 1130. The molecular formula is C19H12N6O. The van der Waals surface area contributed by atoms with Crippen LogP contribution in [0.5, 0.6) is 5.75 Å². The quantitative estimate of drug-likeness (QED) is 0.588. The number of pyridine rings is 2. The Kier molecular flexibility index (Phi) is 3.84. The molecule has 0 unspecified atom stereocenters. The van der Waals surface area contributed by atoms with Crippen LogP contribution < -0.4 is 5.32 Å². The lowest BCUT2D eigenvalue weighted by Gasteiger charge is -2.08. The summed E-state index contributed by atoms with van der Waals surface area (Å²) in [6.45, 7) is 0. The first-order chi connectivity index (χ1) is 12.7. The Balaban J connectivity index is 1.72. The van der Waals surface area contributed by atoms with Crippen molar-refractivity contribution in [2.45, 2.75) is 0 Å². The van der Waals surface area contributed by atoms with Gasteiger partial charge < -0.3 is 10.4 Å². The number of rotatable bonds is 3. The van der Waals surface area contributed by atoms with Crippen LogP contribution in [0.15, 0.2) is 61.1 Å². The molecule has 0 saturated heterocycles. The second-order valence-electron chi connectivity index (χ2n) is 5.51. The van der Waals surface area contributed by atoms with Crippen molar-refractivity contribution in [1.82, 2.24) is 19.9 Å². The van der Waals surface area contributed by atoms with Crippen molar-refractivity contribution in [3.05, 3.63) is 66.6 Å². The minimum absolute atomic E-state index is 0.186. The molecule has 0 atom stereocenters. The van der Waals surface area contributed by atoms with E-state index in [1.54, 1.807) is 55.0 Å². The van der Waals surface area contributed by atoms with E-state index in [1.165, 1.54) is 0 Å². The first kappa shape index (κ1) is 15.5. The van der Waals surface area contributed by atoms with Gasteiger partial charge in [0.25, 0.3) is 0 Å². The molecule has 0 aliphatic rings. The van der Waals surface area contributed by atoms with Gasteiger partial charge in [-0.25, -0.2) is 15.0 Å². The van der Waals surface area contributed by atoms with Crippen LogP contribution in [0.25, 0.3) is 22.4 Å². The van der Waals surface area contributed by atoms with Crippen LogP contribution in [0.1, 0.15) is 5.56 Å². The highest BCUT2D eigenvalue weighted by atomic mass is 16.3. The zero-order valence-corrected chi connectivity index (χ0v) is 13.5. The molecule has 4 rings (SSSR count). The summed E-state index contributed by atoms with van der Waals surface area (Å²) in [5.41, 5.74) is 3.21. The Labute approximate surface area is 148 Å². The summed E-state index contributed by atoms with van der Waals surface area (Å²) < 4.78 is 0. The minimum Gasteiger partial charge on any atom is -0.508 e. The molecule has 3 heterocycles. The predicted octanol–water partition coefficient (Wildman–Crippen LogP) is 3.41. The summed E-state index contributed by atoms with van der Waals surface area (Å²) in [6, 6.07) is 14.0. The van der Waals surface area contributed by atoms with E-state index < -0.39 is 0 Å². The Morgan fingerprint density at radius 2 is 1.81 bits per heavy atom. The first-order valence-electron chi connectivity index (χ1n) is 7.77. The number of anilines is 2. The summed E-state index contributed by atoms with van der Waals surface area (Å²) in [4.78, 5) is 17.4. The fraction of sp³-hybridized carbons (Fsp3) is 0. The van der Waals surface area contributed by atoms with Gasteiger partial charge in [-0.1, -0.05) is 0 Å². The highest BCUT2D eigenvalue weighted by Gasteiger charge is 2.07. The first-order valence-corrected chi connectivity index (χ1v) is 7.77. The number of aromatic hydroxyl groups is 1. The number of nitriles is 1. The molecule has 1 aromatic carbocycles. The molecule has 3 aromatic heterocycles. The number of nitrogens with one attached hydrogen (secondary N) is 1. The average Bonchev–Trinajstić information content (AvgIpc) is 2.68. The van der Waals surface area contributed by atoms with Gasteiger partial charge in [-0.2, -0.15) is 5.26 Å². The number of benzene rings is 1. The molecule has 0 radical (unpaired) electrons. The molecule has 0 aliphatic carbocycles. The van der Waals surface area contributed by atoms with Crippen molar-refractivity contribution in [3.63, 3.8) is 0 Å². The molecule has 0 bridgehead atoms. The van der Waals surface area contributed by atoms with Crippen molar-refractivity contribution < 1.29 is 5.11 Å². The maximum absolute atomic E-state index is 9.41. The molecule has 0 aliphatic heterocycles. The highest BCUT2D eigenvalue weighted by molar-refractivity contribution is 5.80. The number of phenolic OH excluding ortho intramolecular Hbond substituents is 1. The molecule has 0 saturated carbocycles. The molecule has 124 valence electrons. The van der Waals surface area contributed by atoms with Gasteiger partial charge in [0.15, 0.2) is 5.82 Å². The van der Waals surface area contributed by atoms with E-state index in [0.717, 1.165) is 5.56 Å². The fourth-order valence-corrected chi connectivity index (χ4v) is 2.47. The number of hydrogen-bond donors (Lipinski definition) is 2. The standard InChI is InChI=1S/C19H12N6O/c20-9-13-2-1-7-21-19(13)24-14-8-16-17(22-10-14)11-23-18(25-16)12-3-5-15(26)6-4-12/h1-8,10-11,26H,(H,21,24). The van der Waals surface area contributed by atoms with Crippen molar-refractivity contribution in [1.29, 1.82) is 5.26 Å². The average molecular weight is 340 g/mol. The largest absolute Gasteiger partial charge is 0.508 e. The summed E-state index contributed by atoms with van der Waals surface area (Å²) in [7, 11) is 0. The third kappa shape index (κ3) is 2.99. The number of nitrogens with zero attached hydrogens (tertiary/aromatic N) is 5. The van der Waals surface area contributed by atoms with Crippen molar-refractivity contribution in [2.24, 2.45) is 0 Å². The van der Waals surface area contributed by atoms with Gasteiger partial charge in [0.2, 0.25) is 0 Å². The van der Waals surface area contributed by atoms with Crippen LogP contribution in [0.2, 0.25) is 0 Å². The SMILES string of the molecule is N#Cc1cccnc1Nc1cnc2cnc(-c3ccc(O)cc3)nc2c1. The van der Waals surface area contributed by atoms with Gasteiger partial charge in [0.05, 0.1) is 29.2 Å². The van der Waals surface area contributed by atoms with Gasteiger partial charge >= 0.3 is 0 Å². The molecule has 7 nitrogen and oxygen atoms in total. The lowest BCUT2D eigenvalue weighted by molar-refractivity contribution is 0.475. The fourth-order valence-electron chi connectivity index (χ4n) is 2.47. The number of phenols is 1. The zero-order chi connectivity index (χ0) is 17.9. The molecule has 4 aromatic rings. The lowest BCUT2D eigenvalue weighted by atomic mass is 10.2. The Hall–Kier alpha value is -4.05. The van der Waals surface area contributed by atoms with E-state index >= 15 is 0 Å². The third-order valence-corrected chi connectivity index (χ3v) is 3.75. The second kappa shape index (κ2) is 6.45. The van der Waals surface area contributed by atoms with E-state index in [0.29, 0.717) is 33.9 Å². The van der Waals surface area contributed by atoms with Crippen molar-refractivity contribution in [2.75, 3.05) is 5.32 Å². The third-order valence-electron chi connectivity index (χ3n) is 3.75. The van der Waals surface area contributed by atoms with E-state index in [1.807, 2.05) is 6.07 Å². The normalized spacial score (nSPS) is 10.4. The molecule has 26 heavy (non-hydrogen) atoms. The van der Waals surface area contributed by atoms with Crippen molar-refractivity contribution in [3.8, 4) is 23.2 Å². The monoisotopic (exact) mass is 340 g/mol. The Morgan fingerprint density at radius 1 is 0.962 bits per heavy atom. The van der Waals surface area contributed by atoms with Gasteiger partial charge in [-0.15, -0.1) is 0 Å². The van der Waals surface area contributed by atoms with Crippen LogP contribution in [0.3, 0.4) is 0 Å². The minimum atomic E-state index is 0.186. The van der Waals surface area contributed by atoms with Crippen LogP contribution in [-0.4, -0.2) is 25.0 Å². The smallest absolute Gasteiger partial charge is 0.159 e. The number of aromatic nitrogens is 4. The van der Waals surface area contributed by atoms with E-state index in [-0.39, 0.29) is 5.75 Å². The lowest BCUT2D eigenvalue weighted by Crippen LogP contribution is -1.98. The van der Waals surface area contributed by atoms with Crippen molar-refractivity contribution >= 4 is 22.5 Å². The summed E-state index contributed by atoms with van der Waals surface area (Å²) >= 11 is 0. The van der Waals surface area contributed by atoms with E-state index in [9.17, 15) is 5.11 Å². The molecule has 0 spiro atoms. The number of hydrogen-bond acceptors (Lipinski definition) is 7. The summed E-state index contributed by atoms with van der Waals surface area (Å²) in [5.74, 6) is 1.18.